The van der Waals surface area contributed by atoms with Gasteiger partial charge in [-0.3, -0.25) is 4.79 Å². The quantitative estimate of drug-likeness (QED) is 0.495. The van der Waals surface area contributed by atoms with E-state index in [4.69, 9.17) is 21.1 Å². The van der Waals surface area contributed by atoms with Crippen LogP contribution in [0.15, 0.2) is 30.5 Å². The molecule has 0 amide bonds. The van der Waals surface area contributed by atoms with Crippen LogP contribution in [-0.4, -0.2) is 61.0 Å². The number of Topliss-reactive ketones (excluding diaryl/α,β-unsaturated/α-hetero) is 1. The molecule has 29 heavy (non-hydrogen) atoms. The molecule has 0 atom stereocenters. The monoisotopic (exact) mass is 418 g/mol. The van der Waals surface area contributed by atoms with Gasteiger partial charge in [0.2, 0.25) is 5.88 Å². The third-order valence-electron chi connectivity index (χ3n) is 5.19. The molecule has 0 bridgehead atoms. The molecule has 156 valence electrons. The number of halogens is 1. The van der Waals surface area contributed by atoms with Gasteiger partial charge in [-0.2, -0.15) is 4.98 Å². The summed E-state index contributed by atoms with van der Waals surface area (Å²) in [5, 5.41) is 4.06. The summed E-state index contributed by atoms with van der Waals surface area (Å²) in [6, 6.07) is 7.48. The normalized spacial score (nSPS) is 15.3. The molecule has 1 N–H and O–H groups in total. The van der Waals surface area contributed by atoms with Crippen LogP contribution in [0.3, 0.4) is 0 Å². The average Bonchev–Trinajstić information content (AvgIpc) is 2.77. The maximum absolute atomic E-state index is 12.6. The second-order valence-corrected chi connectivity index (χ2v) is 7.49. The summed E-state index contributed by atoms with van der Waals surface area (Å²) in [6.45, 7) is 4.26. The number of hydrogen-bond donors (Lipinski definition) is 1. The number of nitrogens with zero attached hydrogens (tertiary/aromatic N) is 3. The molecule has 1 fully saturated rings. The van der Waals surface area contributed by atoms with Gasteiger partial charge in [-0.1, -0.05) is 11.6 Å². The average molecular weight is 419 g/mol. The van der Waals surface area contributed by atoms with Crippen LogP contribution >= 0.6 is 11.6 Å². The standard InChI is InChI=1S/C21H27ClN4O3/c1-28-20-17(14-24-21(25-20)29-2)13-23-9-12-26-10-7-16(8-11-26)19(27)15-3-5-18(22)6-4-15/h3-6,14,16,23H,7-13H2,1-2H3. The highest BCUT2D eigenvalue weighted by Gasteiger charge is 2.25. The smallest absolute Gasteiger partial charge is 0.319 e. The minimum absolute atomic E-state index is 0.0982. The van der Waals surface area contributed by atoms with Crippen molar-refractivity contribution in [2.24, 2.45) is 5.92 Å². The number of nitrogens with one attached hydrogen (secondary N) is 1. The Morgan fingerprint density at radius 3 is 2.59 bits per heavy atom. The molecule has 1 aliphatic rings. The summed E-state index contributed by atoms with van der Waals surface area (Å²) in [5.41, 5.74) is 1.64. The molecule has 0 saturated carbocycles. The lowest BCUT2D eigenvalue weighted by Gasteiger charge is -2.31. The molecule has 0 unspecified atom stereocenters. The van der Waals surface area contributed by atoms with Gasteiger partial charge in [0.1, 0.15) is 0 Å². The Morgan fingerprint density at radius 1 is 1.21 bits per heavy atom. The molecule has 2 heterocycles. The van der Waals surface area contributed by atoms with Gasteiger partial charge in [-0.25, -0.2) is 4.98 Å². The minimum Gasteiger partial charge on any atom is -0.481 e. The van der Waals surface area contributed by atoms with Crippen LogP contribution in [0.25, 0.3) is 0 Å². The predicted octanol–water partition coefficient (Wildman–Crippen LogP) is 2.83. The highest BCUT2D eigenvalue weighted by Crippen LogP contribution is 2.22. The fourth-order valence-corrected chi connectivity index (χ4v) is 3.63. The van der Waals surface area contributed by atoms with Crippen molar-refractivity contribution in [2.45, 2.75) is 19.4 Å². The second kappa shape index (κ2) is 10.5. The lowest BCUT2D eigenvalue weighted by molar-refractivity contribution is 0.0841. The number of methoxy groups -OCH3 is 2. The molecule has 7 nitrogen and oxygen atoms in total. The van der Waals surface area contributed by atoms with Gasteiger partial charge >= 0.3 is 6.01 Å². The largest absolute Gasteiger partial charge is 0.481 e. The lowest BCUT2D eigenvalue weighted by atomic mass is 9.89. The molecule has 2 aromatic rings. The first-order chi connectivity index (χ1) is 14.1. The van der Waals surface area contributed by atoms with E-state index >= 15 is 0 Å². The number of carbonyl (C=O) groups is 1. The zero-order valence-corrected chi connectivity index (χ0v) is 17.6. The Balaban J connectivity index is 1.39. The third-order valence-corrected chi connectivity index (χ3v) is 5.44. The summed E-state index contributed by atoms with van der Waals surface area (Å²) < 4.78 is 10.3. The third kappa shape index (κ3) is 5.88. The number of ether oxygens (including phenoxy) is 2. The van der Waals surface area contributed by atoms with Crippen molar-refractivity contribution in [2.75, 3.05) is 40.4 Å². The summed E-state index contributed by atoms with van der Waals surface area (Å²) >= 11 is 5.91. The number of ketones is 1. The van der Waals surface area contributed by atoms with Crippen molar-refractivity contribution in [1.82, 2.24) is 20.2 Å². The van der Waals surface area contributed by atoms with Crippen LogP contribution in [-0.2, 0) is 6.54 Å². The summed E-state index contributed by atoms with van der Waals surface area (Å²) in [4.78, 5) is 23.3. The molecular weight excluding hydrogens is 392 g/mol. The Morgan fingerprint density at radius 2 is 1.93 bits per heavy atom. The SMILES string of the molecule is COc1ncc(CNCCN2CCC(C(=O)c3ccc(Cl)cc3)CC2)c(OC)n1. The Bertz CT molecular complexity index is 808. The molecule has 0 spiro atoms. The van der Waals surface area contributed by atoms with Gasteiger partial charge in [0.15, 0.2) is 5.78 Å². The van der Waals surface area contributed by atoms with Crippen LogP contribution in [0.5, 0.6) is 11.9 Å². The van der Waals surface area contributed by atoms with Gasteiger partial charge in [0.05, 0.1) is 14.2 Å². The van der Waals surface area contributed by atoms with Crippen LogP contribution in [0, 0.1) is 5.92 Å². The predicted molar refractivity (Wildman–Crippen MR) is 112 cm³/mol. The van der Waals surface area contributed by atoms with E-state index in [1.807, 2.05) is 12.1 Å². The molecular formula is C21H27ClN4O3. The number of aromatic nitrogens is 2. The summed E-state index contributed by atoms with van der Waals surface area (Å²) in [6.07, 6.45) is 3.49. The van der Waals surface area contributed by atoms with Gasteiger partial charge in [0.25, 0.3) is 0 Å². The Kier molecular flexibility index (Phi) is 7.80. The minimum atomic E-state index is 0.0982. The maximum atomic E-state index is 12.6. The molecule has 8 heteroatoms. The van der Waals surface area contributed by atoms with Crippen LogP contribution in [0.4, 0.5) is 0 Å². The van der Waals surface area contributed by atoms with E-state index in [1.165, 1.54) is 7.11 Å². The molecule has 0 radical (unpaired) electrons. The molecule has 1 aromatic carbocycles. The summed E-state index contributed by atoms with van der Waals surface area (Å²) in [7, 11) is 3.11. The summed E-state index contributed by atoms with van der Waals surface area (Å²) in [5.74, 6) is 0.845. The number of hydrogen-bond acceptors (Lipinski definition) is 7. The Hall–Kier alpha value is -2.22. The topological polar surface area (TPSA) is 76.6 Å². The van der Waals surface area contributed by atoms with Crippen molar-refractivity contribution >= 4 is 17.4 Å². The molecule has 1 saturated heterocycles. The second-order valence-electron chi connectivity index (χ2n) is 7.06. The van der Waals surface area contributed by atoms with Crippen molar-refractivity contribution < 1.29 is 14.3 Å². The molecule has 3 rings (SSSR count). The number of carbonyl (C=O) groups excluding carboxylic acids is 1. The fraction of sp³-hybridized carbons (Fsp3) is 0.476. The van der Waals surface area contributed by atoms with E-state index < -0.39 is 0 Å². The van der Waals surface area contributed by atoms with E-state index in [0.717, 1.165) is 50.1 Å². The van der Waals surface area contributed by atoms with E-state index in [2.05, 4.69) is 20.2 Å². The van der Waals surface area contributed by atoms with E-state index in [1.54, 1.807) is 25.4 Å². The van der Waals surface area contributed by atoms with Gasteiger partial charge in [-0.05, 0) is 50.2 Å². The van der Waals surface area contributed by atoms with Crippen molar-refractivity contribution in [3.63, 3.8) is 0 Å². The number of benzene rings is 1. The Labute approximate surface area is 176 Å². The first kappa shape index (κ1) is 21.5. The van der Waals surface area contributed by atoms with Crippen LogP contribution < -0.4 is 14.8 Å². The number of rotatable bonds is 9. The van der Waals surface area contributed by atoms with E-state index in [-0.39, 0.29) is 11.7 Å². The molecule has 1 aromatic heterocycles. The highest BCUT2D eigenvalue weighted by molar-refractivity contribution is 6.30. The van der Waals surface area contributed by atoms with Gasteiger partial charge < -0.3 is 19.7 Å². The van der Waals surface area contributed by atoms with Crippen molar-refractivity contribution in [3.05, 3.63) is 46.6 Å². The van der Waals surface area contributed by atoms with Crippen molar-refractivity contribution in [1.29, 1.82) is 0 Å². The van der Waals surface area contributed by atoms with Gasteiger partial charge in [0, 0.05) is 47.9 Å². The molecule has 0 aliphatic carbocycles. The van der Waals surface area contributed by atoms with E-state index in [9.17, 15) is 4.79 Å². The van der Waals surface area contributed by atoms with Crippen LogP contribution in [0.2, 0.25) is 5.02 Å². The highest BCUT2D eigenvalue weighted by atomic mass is 35.5. The fourth-order valence-electron chi connectivity index (χ4n) is 3.50. The zero-order valence-electron chi connectivity index (χ0n) is 16.9. The lowest BCUT2D eigenvalue weighted by Crippen LogP contribution is -2.39. The van der Waals surface area contributed by atoms with Crippen LogP contribution in [0.1, 0.15) is 28.8 Å². The zero-order chi connectivity index (χ0) is 20.6. The maximum Gasteiger partial charge on any atom is 0.319 e. The van der Waals surface area contributed by atoms with E-state index in [0.29, 0.717) is 23.5 Å². The first-order valence-electron chi connectivity index (χ1n) is 9.77. The first-order valence-corrected chi connectivity index (χ1v) is 10.1. The van der Waals surface area contributed by atoms with Gasteiger partial charge in [-0.15, -0.1) is 0 Å². The number of likely N-dealkylation sites (tertiary alicyclic amines) is 1. The number of piperidine rings is 1. The molecule has 1 aliphatic heterocycles. The van der Waals surface area contributed by atoms with Crippen molar-refractivity contribution in [3.8, 4) is 11.9 Å².